The lowest BCUT2D eigenvalue weighted by atomic mass is 9.62. The van der Waals surface area contributed by atoms with Crippen LogP contribution in [0, 0.1) is 0 Å². The number of hydrogen-bond donors (Lipinski definition) is 3. The van der Waals surface area contributed by atoms with Crippen LogP contribution in [0.4, 0.5) is 5.69 Å². The minimum atomic E-state index is -1.17. The number of phenols is 1. The fraction of sp³-hybridized carbons (Fsp3) is 0.483. The van der Waals surface area contributed by atoms with Gasteiger partial charge in [0.05, 0.1) is 6.10 Å². The van der Waals surface area contributed by atoms with E-state index >= 15 is 0 Å². The number of carboxylic acids is 1. The van der Waals surface area contributed by atoms with E-state index in [2.05, 4.69) is 56.7 Å². The van der Waals surface area contributed by atoms with Crippen LogP contribution >= 0.6 is 0 Å². The number of aliphatic hydroxyl groups is 1. The zero-order valence-corrected chi connectivity index (χ0v) is 21.5. The second kappa shape index (κ2) is 9.32. The topological polar surface area (TPSA) is 84.2 Å². The van der Waals surface area contributed by atoms with Crippen LogP contribution in [0.25, 0.3) is 6.08 Å². The van der Waals surface area contributed by atoms with E-state index in [1.165, 1.54) is 28.9 Å². The highest BCUT2D eigenvalue weighted by Gasteiger charge is 2.40. The Labute approximate surface area is 208 Å². The van der Waals surface area contributed by atoms with Crippen molar-refractivity contribution in [3.05, 3.63) is 64.2 Å². The van der Waals surface area contributed by atoms with Gasteiger partial charge in [-0.25, -0.2) is 4.79 Å². The average Bonchev–Trinajstić information content (AvgIpc) is 2.80. The highest BCUT2D eigenvalue weighted by molar-refractivity contribution is 5.91. The maximum atomic E-state index is 11.2. The van der Waals surface area contributed by atoms with Crippen molar-refractivity contribution >= 4 is 17.7 Å². The second-order valence-electron chi connectivity index (χ2n) is 11.4. The normalized spacial score (nSPS) is 20.6. The smallest absolute Gasteiger partial charge is 0.339 e. The molecule has 2 aromatic rings. The SMILES string of the molecule is CN1CCN(c2cc(C(O)C=Cc3ccc(C(=O)O)c(O)c3)cc3c2C(C)(C)CCC3(C)C)CC1. The largest absolute Gasteiger partial charge is 0.507 e. The van der Waals surface area contributed by atoms with E-state index < -0.39 is 12.1 Å². The van der Waals surface area contributed by atoms with Gasteiger partial charge in [0.2, 0.25) is 0 Å². The van der Waals surface area contributed by atoms with Crippen LogP contribution in [-0.2, 0) is 10.8 Å². The number of likely N-dealkylation sites (N-methyl/N-ethyl adjacent to an activating group) is 1. The van der Waals surface area contributed by atoms with Gasteiger partial charge in [-0.3, -0.25) is 0 Å². The molecule has 1 aliphatic heterocycles. The third-order valence-corrected chi connectivity index (χ3v) is 7.83. The van der Waals surface area contributed by atoms with Crippen molar-refractivity contribution in [1.29, 1.82) is 0 Å². The molecule has 188 valence electrons. The van der Waals surface area contributed by atoms with Gasteiger partial charge >= 0.3 is 5.97 Å². The first-order valence-electron chi connectivity index (χ1n) is 12.4. The minimum absolute atomic E-state index is 0.0179. The van der Waals surface area contributed by atoms with Crippen molar-refractivity contribution in [2.24, 2.45) is 0 Å². The molecule has 0 radical (unpaired) electrons. The molecule has 6 heteroatoms. The summed E-state index contributed by atoms with van der Waals surface area (Å²) in [6.45, 7) is 13.2. The van der Waals surface area contributed by atoms with Crippen LogP contribution in [-0.4, -0.2) is 59.4 Å². The van der Waals surface area contributed by atoms with Crippen LogP contribution < -0.4 is 4.90 Å². The van der Waals surface area contributed by atoms with Crippen molar-refractivity contribution in [2.75, 3.05) is 38.1 Å². The summed E-state index contributed by atoms with van der Waals surface area (Å²) in [7, 11) is 2.16. The lowest BCUT2D eigenvalue weighted by Gasteiger charge is -2.46. The fourth-order valence-electron chi connectivity index (χ4n) is 5.39. The average molecular weight is 479 g/mol. The first kappa shape index (κ1) is 25.3. The predicted molar refractivity (Wildman–Crippen MR) is 140 cm³/mol. The maximum absolute atomic E-state index is 11.2. The van der Waals surface area contributed by atoms with E-state index in [0.717, 1.165) is 44.6 Å². The molecule has 0 aromatic heterocycles. The highest BCUT2D eigenvalue weighted by Crippen LogP contribution is 2.50. The van der Waals surface area contributed by atoms with Gasteiger partial charge in [-0.05, 0) is 71.2 Å². The van der Waals surface area contributed by atoms with Crippen molar-refractivity contribution in [2.45, 2.75) is 57.5 Å². The van der Waals surface area contributed by atoms with Crippen molar-refractivity contribution in [3.63, 3.8) is 0 Å². The van der Waals surface area contributed by atoms with E-state index in [-0.39, 0.29) is 22.1 Å². The molecule has 1 fully saturated rings. The fourth-order valence-corrected chi connectivity index (χ4v) is 5.39. The number of carbonyl (C=O) groups is 1. The number of anilines is 1. The Hall–Kier alpha value is -2.83. The van der Waals surface area contributed by atoms with Gasteiger partial charge in [0.25, 0.3) is 0 Å². The van der Waals surface area contributed by atoms with E-state index in [0.29, 0.717) is 5.56 Å². The molecule has 1 saturated heterocycles. The number of nitrogens with zero attached hydrogens (tertiary/aromatic N) is 2. The van der Waals surface area contributed by atoms with Crippen LogP contribution in [0.15, 0.2) is 36.4 Å². The highest BCUT2D eigenvalue weighted by atomic mass is 16.4. The van der Waals surface area contributed by atoms with Crippen LogP contribution in [0.1, 0.15) is 79.3 Å². The van der Waals surface area contributed by atoms with E-state index in [4.69, 9.17) is 5.11 Å². The zero-order valence-electron chi connectivity index (χ0n) is 21.5. The Morgan fingerprint density at radius 1 is 1.00 bits per heavy atom. The number of aromatic carboxylic acids is 1. The van der Waals surface area contributed by atoms with Crippen LogP contribution in [0.5, 0.6) is 5.75 Å². The first-order valence-corrected chi connectivity index (χ1v) is 12.4. The molecule has 2 aliphatic rings. The number of aromatic hydroxyl groups is 1. The molecule has 1 heterocycles. The molecule has 1 atom stereocenters. The molecule has 0 spiro atoms. The molecular weight excluding hydrogens is 440 g/mol. The van der Waals surface area contributed by atoms with Gasteiger partial charge in [0.1, 0.15) is 11.3 Å². The summed E-state index contributed by atoms with van der Waals surface area (Å²) >= 11 is 0. The molecule has 4 rings (SSSR count). The number of fused-ring (bicyclic) bond motifs is 1. The maximum Gasteiger partial charge on any atom is 0.339 e. The number of rotatable bonds is 5. The number of carboxylic acid groups (broad SMARTS) is 1. The first-order chi connectivity index (χ1) is 16.4. The summed E-state index contributed by atoms with van der Waals surface area (Å²) in [6.07, 6.45) is 4.82. The molecule has 0 amide bonds. The third kappa shape index (κ3) is 5.09. The van der Waals surface area contributed by atoms with Gasteiger partial charge in [-0.15, -0.1) is 0 Å². The summed E-state index contributed by atoms with van der Waals surface area (Å²) in [5.41, 5.74) is 5.38. The summed E-state index contributed by atoms with van der Waals surface area (Å²) in [4.78, 5) is 16.0. The van der Waals surface area contributed by atoms with Gasteiger partial charge < -0.3 is 25.1 Å². The Balaban J connectivity index is 1.74. The molecule has 1 unspecified atom stereocenters. The van der Waals surface area contributed by atoms with Crippen LogP contribution in [0.3, 0.4) is 0 Å². The van der Waals surface area contributed by atoms with Crippen molar-refractivity contribution in [1.82, 2.24) is 4.90 Å². The number of aliphatic hydroxyl groups excluding tert-OH is 1. The number of hydrogen-bond acceptors (Lipinski definition) is 5. The summed E-state index contributed by atoms with van der Waals surface area (Å²) < 4.78 is 0. The Morgan fingerprint density at radius 2 is 1.66 bits per heavy atom. The molecule has 0 saturated carbocycles. The van der Waals surface area contributed by atoms with Gasteiger partial charge in [-0.1, -0.05) is 52.0 Å². The minimum Gasteiger partial charge on any atom is -0.507 e. The van der Waals surface area contributed by atoms with Crippen LogP contribution in [0.2, 0.25) is 0 Å². The molecule has 35 heavy (non-hydrogen) atoms. The third-order valence-electron chi connectivity index (χ3n) is 7.83. The Morgan fingerprint density at radius 3 is 2.29 bits per heavy atom. The van der Waals surface area contributed by atoms with E-state index in [1.807, 2.05) is 0 Å². The lowest BCUT2D eigenvalue weighted by Crippen LogP contribution is -2.46. The molecule has 2 aromatic carbocycles. The summed E-state index contributed by atoms with van der Waals surface area (Å²) in [5, 5.41) is 30.3. The molecule has 0 bridgehead atoms. The Kier molecular flexibility index (Phi) is 6.73. The van der Waals surface area contributed by atoms with Crippen molar-refractivity contribution < 1.29 is 20.1 Å². The van der Waals surface area contributed by atoms with E-state index in [1.54, 1.807) is 18.2 Å². The Bertz CT molecular complexity index is 1140. The standard InChI is InChI=1S/C29H38N2O4/c1-28(2)10-11-29(3,4)26-22(28)17-20(18-23(26)31-14-12-30(5)13-15-31)24(32)9-7-19-6-8-21(27(34)35)25(33)16-19/h6-9,16-18,24,32-33H,10-15H2,1-5H3,(H,34,35). The molecule has 1 aliphatic carbocycles. The molecular formula is C29H38N2O4. The monoisotopic (exact) mass is 478 g/mol. The van der Waals surface area contributed by atoms with Gasteiger partial charge in [0, 0.05) is 31.9 Å². The van der Waals surface area contributed by atoms with Crippen molar-refractivity contribution in [3.8, 4) is 5.75 Å². The molecule has 3 N–H and O–H groups in total. The predicted octanol–water partition coefficient (Wildman–Crippen LogP) is 4.94. The van der Waals surface area contributed by atoms with E-state index in [9.17, 15) is 15.0 Å². The molecule has 6 nitrogen and oxygen atoms in total. The quantitative estimate of drug-likeness (QED) is 0.565. The van der Waals surface area contributed by atoms with Gasteiger partial charge in [-0.2, -0.15) is 0 Å². The zero-order chi connectivity index (χ0) is 25.5. The second-order valence-corrected chi connectivity index (χ2v) is 11.4. The summed E-state index contributed by atoms with van der Waals surface area (Å²) in [5.74, 6) is -1.46. The lowest BCUT2D eigenvalue weighted by molar-refractivity contribution is 0.0693. The van der Waals surface area contributed by atoms with Gasteiger partial charge in [0.15, 0.2) is 0 Å². The number of benzene rings is 2. The number of piperazine rings is 1. The summed E-state index contributed by atoms with van der Waals surface area (Å²) in [6, 6.07) is 8.74.